The van der Waals surface area contributed by atoms with Crippen molar-refractivity contribution in [1.29, 1.82) is 0 Å². The lowest BCUT2D eigenvalue weighted by atomic mass is 9.88. The van der Waals surface area contributed by atoms with E-state index in [1.165, 1.54) is 48.9 Å². The molecule has 0 amide bonds. The summed E-state index contributed by atoms with van der Waals surface area (Å²) >= 11 is 0. The molecule has 6 heteroatoms. The van der Waals surface area contributed by atoms with Gasteiger partial charge in [0.15, 0.2) is 0 Å². The Labute approximate surface area is 196 Å². The first-order valence-electron chi connectivity index (χ1n) is 12.0. The van der Waals surface area contributed by atoms with Crippen LogP contribution in [0.2, 0.25) is 0 Å². The van der Waals surface area contributed by atoms with Crippen LogP contribution in [0.5, 0.6) is 11.5 Å². The molecule has 0 atom stereocenters. The second-order valence-corrected chi connectivity index (χ2v) is 9.11. The molecule has 33 heavy (non-hydrogen) atoms. The Hall–Kier alpha value is -2.99. The number of ether oxygens (including phenoxy) is 2. The number of pyridine rings is 1. The van der Waals surface area contributed by atoms with Gasteiger partial charge >= 0.3 is 0 Å². The van der Waals surface area contributed by atoms with Gasteiger partial charge in [-0.2, -0.15) is 0 Å². The van der Waals surface area contributed by atoms with Gasteiger partial charge < -0.3 is 9.47 Å². The van der Waals surface area contributed by atoms with Crippen molar-refractivity contribution in [2.45, 2.75) is 57.5 Å². The summed E-state index contributed by atoms with van der Waals surface area (Å²) in [6.07, 6.45) is 11.5. The molecular formula is C27H32N4O2. The lowest BCUT2D eigenvalue weighted by molar-refractivity contribution is 0.242. The normalized spacial score (nSPS) is 16.9. The van der Waals surface area contributed by atoms with Gasteiger partial charge in [-0.25, -0.2) is 9.97 Å². The van der Waals surface area contributed by atoms with Crippen LogP contribution in [0.25, 0.3) is 11.3 Å². The summed E-state index contributed by atoms with van der Waals surface area (Å²) in [7, 11) is 3.34. The predicted octanol–water partition coefficient (Wildman–Crippen LogP) is 5.16. The van der Waals surface area contributed by atoms with E-state index in [9.17, 15) is 0 Å². The van der Waals surface area contributed by atoms with E-state index in [1.807, 2.05) is 24.4 Å². The van der Waals surface area contributed by atoms with Crippen LogP contribution in [-0.2, 0) is 19.5 Å². The van der Waals surface area contributed by atoms with Crippen molar-refractivity contribution < 1.29 is 9.47 Å². The van der Waals surface area contributed by atoms with E-state index >= 15 is 0 Å². The van der Waals surface area contributed by atoms with Crippen LogP contribution < -0.4 is 9.47 Å². The van der Waals surface area contributed by atoms with Crippen molar-refractivity contribution in [2.24, 2.45) is 0 Å². The Balaban J connectivity index is 1.26. The summed E-state index contributed by atoms with van der Waals surface area (Å²) in [5.41, 5.74) is 5.53. The maximum atomic E-state index is 5.52. The molecule has 1 saturated carbocycles. The third-order valence-electron chi connectivity index (χ3n) is 6.92. The van der Waals surface area contributed by atoms with E-state index in [-0.39, 0.29) is 0 Å². The van der Waals surface area contributed by atoms with Crippen LogP contribution in [0.3, 0.4) is 0 Å². The third-order valence-corrected chi connectivity index (χ3v) is 6.92. The second kappa shape index (κ2) is 9.87. The largest absolute Gasteiger partial charge is 0.497 e. The zero-order chi connectivity index (χ0) is 22.6. The molecule has 172 valence electrons. The molecule has 3 heterocycles. The Bertz CT molecular complexity index is 1090. The van der Waals surface area contributed by atoms with Gasteiger partial charge in [-0.15, -0.1) is 0 Å². The Morgan fingerprint density at radius 1 is 0.970 bits per heavy atom. The van der Waals surface area contributed by atoms with E-state index in [1.54, 1.807) is 14.2 Å². The minimum absolute atomic E-state index is 0.565. The fraction of sp³-hybridized carbons (Fsp3) is 0.444. The van der Waals surface area contributed by atoms with Crippen molar-refractivity contribution >= 4 is 0 Å². The molecule has 1 aliphatic heterocycles. The average Bonchev–Trinajstić information content (AvgIpc) is 2.89. The molecule has 0 unspecified atom stereocenters. The molecule has 2 aromatic heterocycles. The monoisotopic (exact) mass is 444 g/mol. The standard InChI is InChI=1S/C27H32N4O2/c1-32-22-9-11-26(33-2)23(14-22)25-10-8-19(15-28-25)17-31-13-12-24-21(18-31)16-29-27(30-24)20-6-4-3-5-7-20/h8-11,14-16,20H,3-7,12-13,17-18H2,1-2H3. The first kappa shape index (κ1) is 21.8. The molecule has 5 rings (SSSR count). The van der Waals surface area contributed by atoms with Gasteiger partial charge in [-0.3, -0.25) is 9.88 Å². The zero-order valence-electron chi connectivity index (χ0n) is 19.6. The summed E-state index contributed by atoms with van der Waals surface area (Å²) in [4.78, 5) is 16.9. The highest BCUT2D eigenvalue weighted by atomic mass is 16.5. The number of methoxy groups -OCH3 is 2. The highest BCUT2D eigenvalue weighted by Crippen LogP contribution is 2.33. The first-order chi connectivity index (χ1) is 16.2. The Morgan fingerprint density at radius 3 is 2.61 bits per heavy atom. The maximum absolute atomic E-state index is 5.52. The molecule has 1 fully saturated rings. The molecule has 6 nitrogen and oxygen atoms in total. The molecule has 1 aromatic carbocycles. The van der Waals surface area contributed by atoms with Crippen molar-refractivity contribution in [3.8, 4) is 22.8 Å². The van der Waals surface area contributed by atoms with Crippen LogP contribution >= 0.6 is 0 Å². The highest BCUT2D eigenvalue weighted by molar-refractivity contribution is 5.69. The molecule has 2 aliphatic rings. The fourth-order valence-corrected chi connectivity index (χ4v) is 5.03. The SMILES string of the molecule is COc1ccc(OC)c(-c2ccc(CN3CCc4nc(C5CCCCC5)ncc4C3)cn2)c1. The van der Waals surface area contributed by atoms with E-state index in [2.05, 4.69) is 23.2 Å². The van der Waals surface area contributed by atoms with Gasteiger partial charge in [0.2, 0.25) is 0 Å². The summed E-state index contributed by atoms with van der Waals surface area (Å²) < 4.78 is 10.9. The summed E-state index contributed by atoms with van der Waals surface area (Å²) in [5, 5.41) is 0. The van der Waals surface area contributed by atoms with Gasteiger partial charge in [-0.05, 0) is 42.7 Å². The summed E-state index contributed by atoms with van der Waals surface area (Å²) in [6.45, 7) is 2.78. The molecule has 1 aliphatic carbocycles. The summed E-state index contributed by atoms with van der Waals surface area (Å²) in [6, 6.07) is 9.98. The minimum atomic E-state index is 0.565. The Morgan fingerprint density at radius 2 is 1.85 bits per heavy atom. The second-order valence-electron chi connectivity index (χ2n) is 9.11. The predicted molar refractivity (Wildman–Crippen MR) is 128 cm³/mol. The zero-order valence-corrected chi connectivity index (χ0v) is 19.6. The van der Waals surface area contributed by atoms with E-state index in [0.717, 1.165) is 54.6 Å². The number of rotatable bonds is 6. The lowest BCUT2D eigenvalue weighted by Crippen LogP contribution is -2.31. The molecule has 0 saturated heterocycles. The smallest absolute Gasteiger partial charge is 0.131 e. The third kappa shape index (κ3) is 4.86. The van der Waals surface area contributed by atoms with Crippen LogP contribution in [0.15, 0.2) is 42.7 Å². The van der Waals surface area contributed by atoms with Gasteiger partial charge in [0.1, 0.15) is 17.3 Å². The van der Waals surface area contributed by atoms with E-state index < -0.39 is 0 Å². The topological polar surface area (TPSA) is 60.4 Å². The van der Waals surface area contributed by atoms with Crippen LogP contribution in [0.4, 0.5) is 0 Å². The number of nitrogens with zero attached hydrogens (tertiary/aromatic N) is 4. The number of fused-ring (bicyclic) bond motifs is 1. The Kier molecular flexibility index (Phi) is 6.53. The van der Waals surface area contributed by atoms with Crippen LogP contribution in [-0.4, -0.2) is 40.6 Å². The first-order valence-corrected chi connectivity index (χ1v) is 12.0. The van der Waals surface area contributed by atoms with Crippen molar-refractivity contribution in [3.63, 3.8) is 0 Å². The van der Waals surface area contributed by atoms with Crippen molar-refractivity contribution in [3.05, 3.63) is 65.4 Å². The van der Waals surface area contributed by atoms with Gasteiger partial charge in [0.05, 0.1) is 19.9 Å². The number of benzene rings is 1. The summed E-state index contributed by atoms with van der Waals surface area (Å²) in [5.74, 6) is 3.22. The molecular weight excluding hydrogens is 412 g/mol. The molecule has 0 radical (unpaired) electrons. The number of hydrogen-bond donors (Lipinski definition) is 0. The van der Waals surface area contributed by atoms with Gasteiger partial charge in [0, 0.05) is 61.2 Å². The average molecular weight is 445 g/mol. The van der Waals surface area contributed by atoms with E-state index in [0.29, 0.717) is 5.92 Å². The van der Waals surface area contributed by atoms with Gasteiger partial charge in [0.25, 0.3) is 0 Å². The highest BCUT2D eigenvalue weighted by Gasteiger charge is 2.23. The maximum Gasteiger partial charge on any atom is 0.131 e. The molecule has 0 N–H and O–H groups in total. The van der Waals surface area contributed by atoms with Crippen LogP contribution in [0, 0.1) is 0 Å². The van der Waals surface area contributed by atoms with Gasteiger partial charge in [-0.1, -0.05) is 25.3 Å². The van der Waals surface area contributed by atoms with E-state index in [4.69, 9.17) is 24.4 Å². The molecule has 0 bridgehead atoms. The number of aromatic nitrogens is 3. The fourth-order valence-electron chi connectivity index (χ4n) is 5.03. The molecule has 3 aromatic rings. The van der Waals surface area contributed by atoms with Crippen molar-refractivity contribution in [2.75, 3.05) is 20.8 Å². The van der Waals surface area contributed by atoms with Crippen molar-refractivity contribution in [1.82, 2.24) is 19.9 Å². The quantitative estimate of drug-likeness (QED) is 0.523. The molecule has 0 spiro atoms. The lowest BCUT2D eigenvalue weighted by Gasteiger charge is -2.29. The number of hydrogen-bond acceptors (Lipinski definition) is 6. The van der Waals surface area contributed by atoms with Crippen LogP contribution in [0.1, 0.15) is 60.7 Å². The minimum Gasteiger partial charge on any atom is -0.497 e.